The van der Waals surface area contributed by atoms with E-state index in [0.29, 0.717) is 29.7 Å². The normalized spacial score (nSPS) is 48.5. The highest BCUT2D eigenvalue weighted by atomic mass is 16.5. The van der Waals surface area contributed by atoms with E-state index >= 15 is 0 Å². The summed E-state index contributed by atoms with van der Waals surface area (Å²) < 4.78 is 13.1. The molecule has 0 radical (unpaired) electrons. The molecular formula is C32H53N2O4+. The fourth-order valence-electron chi connectivity index (χ4n) is 11.3. The quantitative estimate of drug-likeness (QED) is 0.325. The molecule has 1 unspecified atom stereocenters. The molecule has 6 heteroatoms. The topological polar surface area (TPSA) is 59.0 Å². The highest BCUT2D eigenvalue weighted by Crippen LogP contribution is 2.67. The number of carbonyl (C=O) groups excluding carboxylic acids is 1. The molecule has 6 nitrogen and oxygen atoms in total. The lowest BCUT2D eigenvalue weighted by molar-refractivity contribution is -0.937. The predicted molar refractivity (Wildman–Crippen MR) is 148 cm³/mol. The molecule has 0 aromatic heterocycles. The van der Waals surface area contributed by atoms with Gasteiger partial charge in [-0.3, -0.25) is 9.69 Å². The van der Waals surface area contributed by atoms with Crippen molar-refractivity contribution < 1.29 is 23.9 Å². The molecule has 6 fully saturated rings. The monoisotopic (exact) mass is 529 g/mol. The van der Waals surface area contributed by atoms with E-state index in [1.54, 1.807) is 6.92 Å². The van der Waals surface area contributed by atoms with Crippen LogP contribution in [0.25, 0.3) is 0 Å². The Morgan fingerprint density at radius 1 is 1.11 bits per heavy atom. The number of hydrogen-bond donors (Lipinski definition) is 1. The van der Waals surface area contributed by atoms with Crippen LogP contribution in [0.4, 0.5) is 0 Å². The van der Waals surface area contributed by atoms with Crippen molar-refractivity contribution >= 4 is 5.97 Å². The SMILES string of the molecule is C=CC[N+]1([C@H]2C[C@H]3[C@@H]4CC[C@H]5C[C@H](O)[C@@H](N6CCOCC6)C[C@]5(C)[C@H]4CC[C@]3(C)C2OC(C)=O)CCCC1. The van der Waals surface area contributed by atoms with Crippen LogP contribution >= 0.6 is 0 Å². The molecule has 0 aromatic carbocycles. The number of aliphatic hydroxyl groups is 1. The van der Waals surface area contributed by atoms with Crippen LogP contribution in [-0.4, -0.2) is 90.7 Å². The van der Waals surface area contributed by atoms with E-state index in [1.165, 1.54) is 51.6 Å². The van der Waals surface area contributed by atoms with Crippen molar-refractivity contribution in [2.75, 3.05) is 45.9 Å². The first-order valence-corrected chi connectivity index (χ1v) is 15.9. The number of carbonyl (C=O) groups is 1. The summed E-state index contributed by atoms with van der Waals surface area (Å²) in [5, 5.41) is 11.3. The first-order chi connectivity index (χ1) is 18.2. The van der Waals surface area contributed by atoms with E-state index in [9.17, 15) is 9.90 Å². The second-order valence-corrected chi connectivity index (χ2v) is 14.6. The summed E-state index contributed by atoms with van der Waals surface area (Å²) in [6.45, 7) is 17.7. The van der Waals surface area contributed by atoms with Crippen LogP contribution in [0.5, 0.6) is 0 Å². The van der Waals surface area contributed by atoms with E-state index in [1.807, 2.05) is 0 Å². The zero-order chi connectivity index (χ0) is 26.7. The van der Waals surface area contributed by atoms with Crippen LogP contribution in [0.1, 0.15) is 78.6 Å². The number of nitrogens with zero attached hydrogens (tertiary/aromatic N) is 2. The van der Waals surface area contributed by atoms with Crippen LogP contribution in [-0.2, 0) is 14.3 Å². The van der Waals surface area contributed by atoms with E-state index in [2.05, 4.69) is 31.4 Å². The van der Waals surface area contributed by atoms with Crippen molar-refractivity contribution in [2.45, 2.75) is 103 Å². The van der Waals surface area contributed by atoms with Gasteiger partial charge in [-0.2, -0.15) is 0 Å². The lowest BCUT2D eigenvalue weighted by Crippen LogP contribution is -2.61. The average molecular weight is 530 g/mol. The summed E-state index contributed by atoms with van der Waals surface area (Å²) in [6.07, 6.45) is 12.7. The Kier molecular flexibility index (Phi) is 7.27. The Morgan fingerprint density at radius 3 is 2.53 bits per heavy atom. The molecule has 6 rings (SSSR count). The summed E-state index contributed by atoms with van der Waals surface area (Å²) in [5.74, 6) is 2.54. The molecule has 1 N–H and O–H groups in total. The van der Waals surface area contributed by atoms with Gasteiger partial charge >= 0.3 is 5.97 Å². The Labute approximate surface area is 230 Å². The highest BCUT2D eigenvalue weighted by molar-refractivity contribution is 5.66. The number of quaternary nitrogens is 1. The van der Waals surface area contributed by atoms with Crippen molar-refractivity contribution in [1.29, 1.82) is 0 Å². The van der Waals surface area contributed by atoms with Crippen molar-refractivity contribution in [2.24, 2.45) is 34.5 Å². The van der Waals surface area contributed by atoms with Gasteiger partial charge in [0, 0.05) is 50.7 Å². The zero-order valence-corrected chi connectivity index (χ0v) is 24.3. The molecule has 2 aliphatic heterocycles. The molecule has 38 heavy (non-hydrogen) atoms. The number of ether oxygens (including phenoxy) is 2. The third kappa shape index (κ3) is 4.23. The number of fused-ring (bicyclic) bond motifs is 5. The summed E-state index contributed by atoms with van der Waals surface area (Å²) in [7, 11) is 0. The summed E-state index contributed by atoms with van der Waals surface area (Å²) >= 11 is 0. The zero-order valence-electron chi connectivity index (χ0n) is 24.3. The molecule has 2 saturated heterocycles. The maximum atomic E-state index is 12.5. The molecule has 0 amide bonds. The summed E-state index contributed by atoms with van der Waals surface area (Å²) in [5.41, 5.74) is 0.343. The standard InChI is InChI=1S/C32H53N2O4/c1-5-14-34(15-6-7-16-34)28-20-26-24-9-8-23-19-29(36)27(33-12-17-37-18-13-33)21-32(23,4)25(24)10-11-31(26,3)30(28)38-22(2)35/h5,23-30,36H,1,6-21H2,2-4H3/q+1/t23-,24+,25-,26-,27-,28-,29-,30?,31-,32-/m0/s1. The van der Waals surface area contributed by atoms with Crippen LogP contribution in [0.2, 0.25) is 0 Å². The van der Waals surface area contributed by atoms with E-state index in [0.717, 1.165) is 56.6 Å². The van der Waals surface area contributed by atoms with Crippen LogP contribution in [0.3, 0.4) is 0 Å². The fraction of sp³-hybridized carbons (Fsp3) is 0.906. The van der Waals surface area contributed by atoms with Crippen LogP contribution in [0.15, 0.2) is 12.7 Å². The second kappa shape index (κ2) is 10.2. The molecule has 0 spiro atoms. The van der Waals surface area contributed by atoms with Gasteiger partial charge in [0.1, 0.15) is 6.04 Å². The number of morpholine rings is 1. The minimum Gasteiger partial charge on any atom is -0.456 e. The number of aliphatic hydroxyl groups excluding tert-OH is 1. The summed E-state index contributed by atoms with van der Waals surface area (Å²) in [4.78, 5) is 15.0. The van der Waals surface area contributed by atoms with Crippen molar-refractivity contribution in [3.63, 3.8) is 0 Å². The van der Waals surface area contributed by atoms with E-state index in [-0.39, 0.29) is 35.0 Å². The fourth-order valence-corrected chi connectivity index (χ4v) is 11.3. The highest BCUT2D eigenvalue weighted by Gasteiger charge is 2.67. The van der Waals surface area contributed by atoms with Gasteiger partial charge in [-0.25, -0.2) is 0 Å². The maximum Gasteiger partial charge on any atom is 0.303 e. The largest absolute Gasteiger partial charge is 0.456 e. The lowest BCUT2D eigenvalue weighted by atomic mass is 9.44. The summed E-state index contributed by atoms with van der Waals surface area (Å²) in [6, 6.07) is 0.663. The maximum absolute atomic E-state index is 12.5. The molecule has 0 aromatic rings. The van der Waals surface area contributed by atoms with Crippen LogP contribution < -0.4 is 0 Å². The minimum atomic E-state index is -0.209. The van der Waals surface area contributed by atoms with Crippen LogP contribution in [0, 0.1) is 34.5 Å². The lowest BCUT2D eigenvalue weighted by Gasteiger charge is -2.62. The van der Waals surface area contributed by atoms with Gasteiger partial charge in [-0.15, -0.1) is 0 Å². The van der Waals surface area contributed by atoms with Crippen molar-refractivity contribution in [3.8, 4) is 0 Å². The average Bonchev–Trinajstić information content (AvgIpc) is 3.48. The van der Waals surface area contributed by atoms with Gasteiger partial charge in [0.2, 0.25) is 0 Å². The predicted octanol–water partition coefficient (Wildman–Crippen LogP) is 4.41. The number of esters is 1. The molecule has 2 heterocycles. The second-order valence-electron chi connectivity index (χ2n) is 14.6. The Balaban J connectivity index is 1.30. The minimum absolute atomic E-state index is 0.0174. The molecular weight excluding hydrogens is 476 g/mol. The number of likely N-dealkylation sites (tertiary alicyclic amines) is 1. The Morgan fingerprint density at radius 2 is 1.84 bits per heavy atom. The number of hydrogen-bond acceptors (Lipinski definition) is 5. The first kappa shape index (κ1) is 27.2. The van der Waals surface area contributed by atoms with Crippen molar-refractivity contribution in [1.82, 2.24) is 4.90 Å². The van der Waals surface area contributed by atoms with E-state index < -0.39 is 0 Å². The molecule has 214 valence electrons. The number of rotatable bonds is 5. The molecule has 10 atom stereocenters. The molecule has 6 aliphatic rings. The third-order valence-electron chi connectivity index (χ3n) is 13.1. The van der Waals surface area contributed by atoms with Gasteiger partial charge < -0.3 is 19.1 Å². The smallest absolute Gasteiger partial charge is 0.303 e. The molecule has 0 bridgehead atoms. The molecule has 4 aliphatic carbocycles. The van der Waals surface area contributed by atoms with Gasteiger partial charge in [0.25, 0.3) is 0 Å². The Hall–Kier alpha value is -0.950. The van der Waals surface area contributed by atoms with Crippen molar-refractivity contribution in [3.05, 3.63) is 12.7 Å². The van der Waals surface area contributed by atoms with Gasteiger partial charge in [-0.1, -0.05) is 20.4 Å². The Bertz CT molecular complexity index is 898. The van der Waals surface area contributed by atoms with Gasteiger partial charge in [0.05, 0.1) is 39.0 Å². The van der Waals surface area contributed by atoms with Gasteiger partial charge in [-0.05, 0) is 73.7 Å². The van der Waals surface area contributed by atoms with Gasteiger partial charge in [0.15, 0.2) is 6.10 Å². The first-order valence-electron chi connectivity index (χ1n) is 15.9. The van der Waals surface area contributed by atoms with E-state index in [4.69, 9.17) is 9.47 Å². The molecule has 4 saturated carbocycles. The third-order valence-corrected chi connectivity index (χ3v) is 13.1.